The highest BCUT2D eigenvalue weighted by Crippen LogP contribution is 2.33. The van der Waals surface area contributed by atoms with Gasteiger partial charge in [0.15, 0.2) is 0 Å². The molecule has 0 bridgehead atoms. The number of methoxy groups -OCH3 is 1. The average molecular weight is 386 g/mol. The second kappa shape index (κ2) is 9.43. The Labute approximate surface area is 158 Å². The van der Waals surface area contributed by atoms with E-state index in [4.69, 9.17) is 25.8 Å². The van der Waals surface area contributed by atoms with Gasteiger partial charge in [0.05, 0.1) is 25.3 Å². The molecular weight excluding hydrogens is 362 g/mol. The number of likely N-dealkylation sites (N-methyl/N-ethyl adjacent to an activating group) is 1. The summed E-state index contributed by atoms with van der Waals surface area (Å²) in [7, 11) is 2.81. The number of benzene rings is 1. The molecule has 0 aromatic heterocycles. The van der Waals surface area contributed by atoms with Gasteiger partial charge in [0.1, 0.15) is 5.75 Å². The van der Waals surface area contributed by atoms with Gasteiger partial charge in [-0.3, -0.25) is 4.79 Å². The van der Waals surface area contributed by atoms with Crippen molar-refractivity contribution in [1.29, 1.82) is 0 Å². The van der Waals surface area contributed by atoms with Crippen LogP contribution in [0.3, 0.4) is 0 Å². The van der Waals surface area contributed by atoms with E-state index in [1.54, 1.807) is 32.0 Å². The van der Waals surface area contributed by atoms with Crippen molar-refractivity contribution in [2.75, 3.05) is 27.4 Å². The minimum atomic E-state index is -1.99. The number of esters is 2. The molecule has 0 saturated carbocycles. The minimum absolute atomic E-state index is 0.0393. The average Bonchev–Trinajstić information content (AvgIpc) is 2.60. The molecule has 0 saturated heterocycles. The topological polar surface area (TPSA) is 82.1 Å². The number of amides is 1. The molecule has 1 aromatic carbocycles. The highest BCUT2D eigenvalue weighted by Gasteiger charge is 2.54. The van der Waals surface area contributed by atoms with Crippen LogP contribution >= 0.6 is 11.6 Å². The number of hydrogen-bond acceptors (Lipinski definition) is 6. The van der Waals surface area contributed by atoms with E-state index in [0.29, 0.717) is 11.3 Å². The van der Waals surface area contributed by atoms with Crippen LogP contribution in [0.1, 0.15) is 26.3 Å². The van der Waals surface area contributed by atoms with Gasteiger partial charge in [-0.05, 0) is 25.5 Å². The van der Waals surface area contributed by atoms with Crippen molar-refractivity contribution < 1.29 is 28.6 Å². The van der Waals surface area contributed by atoms with Crippen molar-refractivity contribution in [2.24, 2.45) is 0 Å². The van der Waals surface area contributed by atoms with Crippen LogP contribution < -0.4 is 4.74 Å². The lowest BCUT2D eigenvalue weighted by Gasteiger charge is -2.37. The summed E-state index contributed by atoms with van der Waals surface area (Å²) < 4.78 is 15.4. The van der Waals surface area contributed by atoms with Crippen LogP contribution in [-0.4, -0.2) is 55.7 Å². The van der Waals surface area contributed by atoms with E-state index in [2.05, 4.69) is 0 Å². The molecule has 0 aliphatic rings. The maximum Gasteiger partial charge on any atom is 0.344 e. The molecule has 0 N–H and O–H groups in total. The lowest BCUT2D eigenvalue weighted by atomic mass is 9.88. The molecule has 0 aliphatic carbocycles. The highest BCUT2D eigenvalue weighted by atomic mass is 35.5. The predicted octanol–water partition coefficient (Wildman–Crippen LogP) is 2.23. The largest absolute Gasteiger partial charge is 0.495 e. The first-order valence-electron chi connectivity index (χ1n) is 8.16. The van der Waals surface area contributed by atoms with Crippen LogP contribution in [0, 0.1) is 0 Å². The first-order chi connectivity index (χ1) is 12.3. The number of nitrogens with zero attached hydrogens (tertiary/aromatic N) is 1. The van der Waals surface area contributed by atoms with Crippen LogP contribution in [0.15, 0.2) is 18.2 Å². The van der Waals surface area contributed by atoms with Crippen LogP contribution in [0.25, 0.3) is 0 Å². The maximum atomic E-state index is 12.8. The molecule has 0 unspecified atom stereocenters. The summed E-state index contributed by atoms with van der Waals surface area (Å²) in [4.78, 5) is 38.7. The molecule has 1 amide bonds. The molecule has 144 valence electrons. The van der Waals surface area contributed by atoms with E-state index in [1.165, 1.54) is 21.1 Å². The van der Waals surface area contributed by atoms with Gasteiger partial charge in [0, 0.05) is 20.4 Å². The van der Waals surface area contributed by atoms with Crippen molar-refractivity contribution in [3.8, 4) is 5.75 Å². The van der Waals surface area contributed by atoms with Gasteiger partial charge in [0.25, 0.3) is 0 Å². The molecule has 0 aliphatic heterocycles. The van der Waals surface area contributed by atoms with Crippen molar-refractivity contribution in [3.63, 3.8) is 0 Å². The first kappa shape index (κ1) is 21.8. The molecule has 7 nitrogen and oxygen atoms in total. The standard InChI is InChI=1S/C18H24ClNO6/c1-6-25-16(22)18(17(23)26-7-2,20(4)12(3)21)11-13-9-8-10-14(24-5)15(13)19/h8-10H,6-7,11H2,1-5H3. The van der Waals surface area contributed by atoms with Gasteiger partial charge < -0.3 is 19.1 Å². The Morgan fingerprint density at radius 2 is 1.65 bits per heavy atom. The molecule has 26 heavy (non-hydrogen) atoms. The normalized spacial score (nSPS) is 10.8. The molecule has 0 fully saturated rings. The van der Waals surface area contributed by atoms with E-state index in [9.17, 15) is 14.4 Å². The Morgan fingerprint density at radius 3 is 2.08 bits per heavy atom. The van der Waals surface area contributed by atoms with E-state index in [-0.39, 0.29) is 24.7 Å². The third-order valence-electron chi connectivity index (χ3n) is 3.98. The quantitative estimate of drug-likeness (QED) is 0.504. The zero-order chi connectivity index (χ0) is 19.9. The highest BCUT2D eigenvalue weighted by molar-refractivity contribution is 6.33. The SMILES string of the molecule is CCOC(=O)C(Cc1cccc(OC)c1Cl)(C(=O)OCC)N(C)C(C)=O. The number of carbonyl (C=O) groups is 3. The van der Waals surface area contributed by atoms with Crippen molar-refractivity contribution in [1.82, 2.24) is 4.90 Å². The summed E-state index contributed by atoms with van der Waals surface area (Å²) in [5, 5.41) is 0.241. The Balaban J connectivity index is 3.58. The van der Waals surface area contributed by atoms with E-state index >= 15 is 0 Å². The second-order valence-corrected chi connectivity index (χ2v) is 5.87. The Bertz CT molecular complexity index is 658. The molecule has 0 heterocycles. The zero-order valence-corrected chi connectivity index (χ0v) is 16.4. The van der Waals surface area contributed by atoms with Crippen LogP contribution in [0.2, 0.25) is 5.02 Å². The molecule has 8 heteroatoms. The van der Waals surface area contributed by atoms with Crippen LogP contribution in [-0.2, 0) is 30.3 Å². The smallest absolute Gasteiger partial charge is 0.344 e. The first-order valence-corrected chi connectivity index (χ1v) is 8.54. The number of rotatable bonds is 8. The molecule has 1 aromatic rings. The lowest BCUT2D eigenvalue weighted by molar-refractivity contribution is -0.177. The molecule has 0 atom stereocenters. The van der Waals surface area contributed by atoms with Crippen molar-refractivity contribution in [2.45, 2.75) is 32.7 Å². The number of halogens is 1. The monoisotopic (exact) mass is 385 g/mol. The van der Waals surface area contributed by atoms with Gasteiger partial charge >= 0.3 is 11.9 Å². The molecule has 0 spiro atoms. The fraction of sp³-hybridized carbons (Fsp3) is 0.500. The van der Waals surface area contributed by atoms with E-state index in [0.717, 1.165) is 4.90 Å². The Kier molecular flexibility index (Phi) is 7.89. The lowest BCUT2D eigenvalue weighted by Crippen LogP contribution is -2.63. The number of ether oxygens (including phenoxy) is 3. The summed E-state index contributed by atoms with van der Waals surface area (Å²) in [6.45, 7) is 4.55. The Morgan fingerprint density at radius 1 is 1.12 bits per heavy atom. The molecular formula is C18H24ClNO6. The fourth-order valence-electron chi connectivity index (χ4n) is 2.52. The zero-order valence-electron chi connectivity index (χ0n) is 15.6. The summed E-state index contributed by atoms with van der Waals surface area (Å²) in [5.41, 5.74) is -1.55. The minimum Gasteiger partial charge on any atom is -0.495 e. The Hall–Kier alpha value is -2.28. The van der Waals surface area contributed by atoms with Crippen molar-refractivity contribution >= 4 is 29.4 Å². The van der Waals surface area contributed by atoms with Gasteiger partial charge in [-0.1, -0.05) is 23.7 Å². The van der Waals surface area contributed by atoms with Gasteiger partial charge in [0.2, 0.25) is 11.4 Å². The summed E-state index contributed by atoms with van der Waals surface area (Å²) in [5.74, 6) is -1.87. The number of hydrogen-bond donors (Lipinski definition) is 0. The summed E-state index contributed by atoms with van der Waals surface area (Å²) in [6, 6.07) is 4.97. The van der Waals surface area contributed by atoms with Crippen molar-refractivity contribution in [3.05, 3.63) is 28.8 Å². The third kappa shape index (κ3) is 4.27. The van der Waals surface area contributed by atoms with Gasteiger partial charge in [-0.15, -0.1) is 0 Å². The van der Waals surface area contributed by atoms with Crippen LogP contribution in [0.5, 0.6) is 5.75 Å². The van der Waals surface area contributed by atoms with Crippen LogP contribution in [0.4, 0.5) is 0 Å². The predicted molar refractivity (Wildman–Crippen MR) is 96.1 cm³/mol. The second-order valence-electron chi connectivity index (χ2n) is 5.49. The van der Waals surface area contributed by atoms with Gasteiger partial charge in [-0.2, -0.15) is 0 Å². The van der Waals surface area contributed by atoms with E-state index < -0.39 is 23.4 Å². The number of carbonyl (C=O) groups excluding carboxylic acids is 3. The molecule has 0 radical (unpaired) electrons. The third-order valence-corrected chi connectivity index (χ3v) is 4.41. The van der Waals surface area contributed by atoms with E-state index in [1.807, 2.05) is 0 Å². The summed E-state index contributed by atoms with van der Waals surface area (Å²) >= 11 is 6.33. The van der Waals surface area contributed by atoms with Gasteiger partial charge in [-0.25, -0.2) is 9.59 Å². The summed E-state index contributed by atoms with van der Waals surface area (Å²) in [6.07, 6.45) is -0.212. The fourth-order valence-corrected chi connectivity index (χ4v) is 2.79. The molecule has 1 rings (SSSR count). The maximum absolute atomic E-state index is 12.8.